The van der Waals surface area contributed by atoms with Crippen LogP contribution in [0.15, 0.2) is 12.1 Å². The molecule has 0 aliphatic heterocycles. The number of carbonyl (C=O) groups excluding carboxylic acids is 1. The van der Waals surface area contributed by atoms with E-state index in [2.05, 4.69) is 10.6 Å². The quantitative estimate of drug-likeness (QED) is 0.687. The predicted octanol–water partition coefficient (Wildman–Crippen LogP) is 2.56. The van der Waals surface area contributed by atoms with E-state index in [1.54, 1.807) is 0 Å². The van der Waals surface area contributed by atoms with E-state index in [0.717, 1.165) is 35.3 Å². The minimum atomic E-state index is -0.123. The fourth-order valence-corrected chi connectivity index (χ4v) is 1.87. The van der Waals surface area contributed by atoms with Crippen LogP contribution in [0.4, 0.5) is 16.2 Å². The second-order valence-electron chi connectivity index (χ2n) is 4.75. The van der Waals surface area contributed by atoms with E-state index in [4.69, 9.17) is 5.73 Å². The van der Waals surface area contributed by atoms with E-state index in [9.17, 15) is 4.79 Å². The lowest BCUT2D eigenvalue weighted by Crippen LogP contribution is -2.41. The molecule has 0 atom stereocenters. The molecule has 1 fully saturated rings. The summed E-state index contributed by atoms with van der Waals surface area (Å²) >= 11 is 0. The number of benzene rings is 1. The molecule has 0 heterocycles. The highest BCUT2D eigenvalue weighted by Crippen LogP contribution is 2.22. The van der Waals surface area contributed by atoms with Crippen LogP contribution in [0.2, 0.25) is 0 Å². The molecule has 0 saturated heterocycles. The van der Waals surface area contributed by atoms with Crippen LogP contribution in [0.25, 0.3) is 0 Å². The van der Waals surface area contributed by atoms with Crippen molar-refractivity contribution in [3.8, 4) is 0 Å². The molecule has 92 valence electrons. The Kier molecular flexibility index (Phi) is 3.22. The number of nitrogens with one attached hydrogen (secondary N) is 2. The number of amides is 2. The third-order valence-electron chi connectivity index (χ3n) is 3.30. The summed E-state index contributed by atoms with van der Waals surface area (Å²) in [6.45, 7) is 3.87. The third-order valence-corrected chi connectivity index (χ3v) is 3.30. The van der Waals surface area contributed by atoms with Gasteiger partial charge in [0.05, 0.1) is 0 Å². The molecule has 2 rings (SSSR count). The van der Waals surface area contributed by atoms with Crippen molar-refractivity contribution in [1.82, 2.24) is 5.32 Å². The van der Waals surface area contributed by atoms with E-state index >= 15 is 0 Å². The first-order valence-electron chi connectivity index (χ1n) is 6.00. The van der Waals surface area contributed by atoms with Gasteiger partial charge < -0.3 is 16.4 Å². The summed E-state index contributed by atoms with van der Waals surface area (Å²) in [4.78, 5) is 11.7. The molecule has 1 aliphatic carbocycles. The van der Waals surface area contributed by atoms with Gasteiger partial charge in [0, 0.05) is 17.4 Å². The monoisotopic (exact) mass is 233 g/mol. The van der Waals surface area contributed by atoms with Gasteiger partial charge in [-0.1, -0.05) is 0 Å². The Morgan fingerprint density at radius 2 is 2.00 bits per heavy atom. The second kappa shape index (κ2) is 4.65. The molecule has 4 N–H and O–H groups in total. The summed E-state index contributed by atoms with van der Waals surface area (Å²) in [6.07, 6.45) is 3.39. The van der Waals surface area contributed by atoms with Crippen LogP contribution in [-0.4, -0.2) is 12.1 Å². The first-order chi connectivity index (χ1) is 8.06. The molecular formula is C13H19N3O. The largest absolute Gasteiger partial charge is 0.399 e. The lowest BCUT2D eigenvalue weighted by Gasteiger charge is -2.26. The van der Waals surface area contributed by atoms with Crippen LogP contribution >= 0.6 is 0 Å². The highest BCUT2D eigenvalue weighted by molar-refractivity contribution is 5.90. The molecule has 0 bridgehead atoms. The smallest absolute Gasteiger partial charge is 0.319 e. The fraction of sp³-hybridized carbons (Fsp3) is 0.462. The Bertz CT molecular complexity index is 439. The Hall–Kier alpha value is -1.71. The molecule has 1 aromatic rings. The first-order valence-corrected chi connectivity index (χ1v) is 6.00. The number of hydrogen-bond donors (Lipinski definition) is 3. The van der Waals surface area contributed by atoms with Crippen molar-refractivity contribution in [1.29, 1.82) is 0 Å². The van der Waals surface area contributed by atoms with Crippen molar-refractivity contribution < 1.29 is 4.79 Å². The van der Waals surface area contributed by atoms with Gasteiger partial charge in [0.15, 0.2) is 0 Å². The number of aryl methyl sites for hydroxylation is 2. The van der Waals surface area contributed by atoms with E-state index in [1.807, 2.05) is 26.0 Å². The maximum atomic E-state index is 11.7. The van der Waals surface area contributed by atoms with Crippen molar-refractivity contribution in [2.45, 2.75) is 39.2 Å². The van der Waals surface area contributed by atoms with Gasteiger partial charge >= 0.3 is 6.03 Å². The lowest BCUT2D eigenvalue weighted by atomic mass is 9.93. The van der Waals surface area contributed by atoms with Gasteiger partial charge in [-0.3, -0.25) is 0 Å². The average Bonchev–Trinajstić information content (AvgIpc) is 2.20. The van der Waals surface area contributed by atoms with E-state index in [-0.39, 0.29) is 6.03 Å². The standard InChI is InChI=1S/C13H19N3O/c1-8-7-12(9(2)6-11(8)14)16-13(17)15-10-4-3-5-10/h6-7,10H,3-5,14H2,1-2H3,(H2,15,16,17). The predicted molar refractivity (Wildman–Crippen MR) is 70.1 cm³/mol. The minimum Gasteiger partial charge on any atom is -0.399 e. The van der Waals surface area contributed by atoms with Crippen molar-refractivity contribution in [2.75, 3.05) is 11.1 Å². The Labute approximate surface area is 102 Å². The zero-order valence-corrected chi connectivity index (χ0v) is 10.3. The number of rotatable bonds is 2. The molecule has 4 heteroatoms. The molecule has 0 unspecified atom stereocenters. The first kappa shape index (κ1) is 11.8. The lowest BCUT2D eigenvalue weighted by molar-refractivity contribution is 0.240. The van der Waals surface area contributed by atoms with Crippen molar-refractivity contribution in [2.24, 2.45) is 0 Å². The summed E-state index contributed by atoms with van der Waals surface area (Å²) in [7, 11) is 0. The third kappa shape index (κ3) is 2.70. The molecule has 0 aromatic heterocycles. The number of nitrogens with two attached hydrogens (primary N) is 1. The molecule has 2 amide bonds. The highest BCUT2D eigenvalue weighted by atomic mass is 16.2. The van der Waals surface area contributed by atoms with Crippen molar-refractivity contribution in [3.63, 3.8) is 0 Å². The topological polar surface area (TPSA) is 67.2 Å². The molecule has 0 radical (unpaired) electrons. The summed E-state index contributed by atoms with van der Waals surface area (Å²) in [6, 6.07) is 4.02. The Balaban J connectivity index is 2.02. The van der Waals surface area contributed by atoms with Gasteiger partial charge in [-0.2, -0.15) is 0 Å². The highest BCUT2D eigenvalue weighted by Gasteiger charge is 2.19. The van der Waals surface area contributed by atoms with Crippen molar-refractivity contribution >= 4 is 17.4 Å². The van der Waals surface area contributed by atoms with Gasteiger partial charge in [0.25, 0.3) is 0 Å². The molecule has 4 nitrogen and oxygen atoms in total. The summed E-state index contributed by atoms with van der Waals surface area (Å²) in [5, 5.41) is 5.82. The molecular weight excluding hydrogens is 214 g/mol. The van der Waals surface area contributed by atoms with Gasteiger partial charge in [-0.15, -0.1) is 0 Å². The van der Waals surface area contributed by atoms with Crippen LogP contribution in [-0.2, 0) is 0 Å². The summed E-state index contributed by atoms with van der Waals surface area (Å²) in [5.41, 5.74) is 9.35. The van der Waals surface area contributed by atoms with Gasteiger partial charge in [0.2, 0.25) is 0 Å². The number of nitrogen functional groups attached to an aromatic ring is 1. The maximum Gasteiger partial charge on any atom is 0.319 e. The normalized spacial score (nSPS) is 15.2. The van der Waals surface area contributed by atoms with Crippen LogP contribution in [0.1, 0.15) is 30.4 Å². The number of carbonyl (C=O) groups is 1. The van der Waals surface area contributed by atoms with Crippen LogP contribution in [0.5, 0.6) is 0 Å². The van der Waals surface area contributed by atoms with Gasteiger partial charge in [-0.05, 0) is 56.4 Å². The zero-order valence-electron chi connectivity index (χ0n) is 10.3. The number of hydrogen-bond acceptors (Lipinski definition) is 2. The Morgan fingerprint density at radius 3 is 2.59 bits per heavy atom. The molecule has 1 aromatic carbocycles. The fourth-order valence-electron chi connectivity index (χ4n) is 1.87. The van der Waals surface area contributed by atoms with E-state index in [1.165, 1.54) is 6.42 Å². The molecule has 1 aliphatic rings. The van der Waals surface area contributed by atoms with Crippen LogP contribution in [0.3, 0.4) is 0 Å². The van der Waals surface area contributed by atoms with Crippen molar-refractivity contribution in [3.05, 3.63) is 23.3 Å². The summed E-state index contributed by atoms with van der Waals surface area (Å²) in [5.74, 6) is 0. The maximum absolute atomic E-state index is 11.7. The minimum absolute atomic E-state index is 0.123. The summed E-state index contributed by atoms with van der Waals surface area (Å²) < 4.78 is 0. The van der Waals surface area contributed by atoms with E-state index in [0.29, 0.717) is 6.04 Å². The molecule has 0 spiro atoms. The second-order valence-corrected chi connectivity index (χ2v) is 4.75. The van der Waals surface area contributed by atoms with Gasteiger partial charge in [0.1, 0.15) is 0 Å². The SMILES string of the molecule is Cc1cc(NC(=O)NC2CCC2)c(C)cc1N. The molecule has 1 saturated carbocycles. The van der Waals surface area contributed by atoms with E-state index < -0.39 is 0 Å². The number of urea groups is 1. The molecule has 17 heavy (non-hydrogen) atoms. The van der Waals surface area contributed by atoms with Crippen LogP contribution in [0, 0.1) is 13.8 Å². The zero-order chi connectivity index (χ0) is 12.4. The number of anilines is 2. The van der Waals surface area contributed by atoms with Gasteiger partial charge in [-0.25, -0.2) is 4.79 Å². The Morgan fingerprint density at radius 1 is 1.29 bits per heavy atom. The van der Waals surface area contributed by atoms with Crippen LogP contribution < -0.4 is 16.4 Å². The average molecular weight is 233 g/mol.